The van der Waals surface area contributed by atoms with Crippen molar-refractivity contribution in [2.45, 2.75) is 57.9 Å². The molecule has 0 radical (unpaired) electrons. The maximum absolute atomic E-state index is 12.4. The number of Topliss-reactive ketones (excluding diaryl/α,β-unsaturated/α-hetero) is 1. The standard InChI is InChI=1S/C17H25NO/c1-17(2,3)18-12-11-16(19)15-10-5-4-9-14(15)13-7-6-8-13/h4-5,9-10,13,18H,6-8,11-12H2,1-3H3. The SMILES string of the molecule is CC(C)(C)NCCC(=O)c1ccccc1C1CCC1. The van der Waals surface area contributed by atoms with E-state index in [9.17, 15) is 4.79 Å². The summed E-state index contributed by atoms with van der Waals surface area (Å²) in [5, 5.41) is 3.38. The molecule has 1 N–H and O–H groups in total. The summed E-state index contributed by atoms with van der Waals surface area (Å²) in [5.74, 6) is 0.898. The second-order valence-electron chi connectivity index (χ2n) is 6.57. The fraction of sp³-hybridized carbons (Fsp3) is 0.588. The number of hydrogen-bond acceptors (Lipinski definition) is 2. The molecule has 2 rings (SSSR count). The predicted molar refractivity (Wildman–Crippen MR) is 79.7 cm³/mol. The topological polar surface area (TPSA) is 29.1 Å². The molecule has 1 aromatic rings. The number of carbonyl (C=O) groups is 1. The van der Waals surface area contributed by atoms with Gasteiger partial charge >= 0.3 is 0 Å². The van der Waals surface area contributed by atoms with Gasteiger partial charge in [0.05, 0.1) is 0 Å². The van der Waals surface area contributed by atoms with Crippen LogP contribution in [-0.4, -0.2) is 17.9 Å². The minimum absolute atomic E-state index is 0.0772. The third-order valence-electron chi connectivity index (χ3n) is 3.81. The lowest BCUT2D eigenvalue weighted by Gasteiger charge is -2.27. The van der Waals surface area contributed by atoms with Gasteiger partial charge in [0.25, 0.3) is 0 Å². The van der Waals surface area contributed by atoms with Gasteiger partial charge in [0.15, 0.2) is 5.78 Å². The largest absolute Gasteiger partial charge is 0.312 e. The minimum Gasteiger partial charge on any atom is -0.312 e. The zero-order chi connectivity index (χ0) is 13.9. The van der Waals surface area contributed by atoms with Gasteiger partial charge in [0.1, 0.15) is 0 Å². The summed E-state index contributed by atoms with van der Waals surface area (Å²) in [6.07, 6.45) is 4.37. The molecule has 0 amide bonds. The van der Waals surface area contributed by atoms with Crippen LogP contribution in [0.25, 0.3) is 0 Å². The molecule has 1 fully saturated rings. The van der Waals surface area contributed by atoms with Crippen LogP contribution in [-0.2, 0) is 0 Å². The van der Waals surface area contributed by atoms with Crippen LogP contribution in [0.2, 0.25) is 0 Å². The van der Waals surface area contributed by atoms with E-state index >= 15 is 0 Å². The van der Waals surface area contributed by atoms with Crippen molar-refractivity contribution in [2.75, 3.05) is 6.54 Å². The molecule has 0 saturated heterocycles. The Morgan fingerprint density at radius 2 is 1.95 bits per heavy atom. The lowest BCUT2D eigenvalue weighted by atomic mass is 9.77. The van der Waals surface area contributed by atoms with E-state index in [1.807, 2.05) is 12.1 Å². The molecule has 0 spiro atoms. The molecular formula is C17H25NO. The van der Waals surface area contributed by atoms with E-state index in [4.69, 9.17) is 0 Å². The first-order valence-corrected chi connectivity index (χ1v) is 7.34. The summed E-state index contributed by atoms with van der Waals surface area (Å²) >= 11 is 0. The highest BCUT2D eigenvalue weighted by molar-refractivity contribution is 5.97. The lowest BCUT2D eigenvalue weighted by molar-refractivity contribution is 0.0978. The van der Waals surface area contributed by atoms with Crippen molar-refractivity contribution < 1.29 is 4.79 Å². The molecule has 0 atom stereocenters. The number of carbonyl (C=O) groups excluding carboxylic acids is 1. The summed E-state index contributed by atoms with van der Waals surface area (Å²) < 4.78 is 0. The van der Waals surface area contributed by atoms with E-state index in [-0.39, 0.29) is 11.3 Å². The van der Waals surface area contributed by atoms with Crippen molar-refractivity contribution >= 4 is 5.78 Å². The van der Waals surface area contributed by atoms with Gasteiger partial charge in [-0.1, -0.05) is 30.7 Å². The van der Waals surface area contributed by atoms with Crippen LogP contribution in [0, 0.1) is 0 Å². The summed E-state index contributed by atoms with van der Waals surface area (Å²) in [7, 11) is 0. The first-order valence-electron chi connectivity index (χ1n) is 7.34. The van der Waals surface area contributed by atoms with Crippen LogP contribution >= 0.6 is 0 Å². The maximum atomic E-state index is 12.4. The van der Waals surface area contributed by atoms with Gasteiger partial charge in [0, 0.05) is 24.1 Å². The highest BCUT2D eigenvalue weighted by Gasteiger charge is 2.24. The van der Waals surface area contributed by atoms with Crippen molar-refractivity contribution in [2.24, 2.45) is 0 Å². The van der Waals surface area contributed by atoms with Crippen LogP contribution < -0.4 is 5.32 Å². The molecule has 2 heteroatoms. The van der Waals surface area contributed by atoms with E-state index in [2.05, 4.69) is 38.2 Å². The minimum atomic E-state index is 0.0772. The van der Waals surface area contributed by atoms with Gasteiger partial charge in [-0.25, -0.2) is 0 Å². The molecule has 1 aliphatic carbocycles. The summed E-state index contributed by atoms with van der Waals surface area (Å²) in [4.78, 5) is 12.4. The van der Waals surface area contributed by atoms with Crippen molar-refractivity contribution in [3.8, 4) is 0 Å². The van der Waals surface area contributed by atoms with E-state index < -0.39 is 0 Å². The van der Waals surface area contributed by atoms with Gasteiger partial charge in [-0.05, 0) is 45.1 Å². The third-order valence-corrected chi connectivity index (χ3v) is 3.81. The van der Waals surface area contributed by atoms with Crippen LogP contribution in [0.5, 0.6) is 0 Å². The Labute approximate surface area is 116 Å². The summed E-state index contributed by atoms with van der Waals surface area (Å²) in [6, 6.07) is 8.16. The van der Waals surface area contributed by atoms with Crippen molar-refractivity contribution in [1.29, 1.82) is 0 Å². The molecule has 1 saturated carbocycles. The quantitative estimate of drug-likeness (QED) is 0.812. The molecule has 1 aromatic carbocycles. The lowest BCUT2D eigenvalue weighted by Crippen LogP contribution is -2.37. The molecule has 0 unspecified atom stereocenters. The smallest absolute Gasteiger partial charge is 0.164 e. The number of rotatable bonds is 5. The van der Waals surface area contributed by atoms with Crippen LogP contribution in [0.4, 0.5) is 0 Å². The number of benzene rings is 1. The van der Waals surface area contributed by atoms with Gasteiger partial charge in [-0.15, -0.1) is 0 Å². The first-order chi connectivity index (χ1) is 8.97. The molecule has 1 aliphatic rings. The van der Waals surface area contributed by atoms with Gasteiger partial charge < -0.3 is 5.32 Å². The average Bonchev–Trinajstić information content (AvgIpc) is 2.25. The Morgan fingerprint density at radius 1 is 1.26 bits per heavy atom. The zero-order valence-corrected chi connectivity index (χ0v) is 12.3. The number of hydrogen-bond donors (Lipinski definition) is 1. The Morgan fingerprint density at radius 3 is 2.53 bits per heavy atom. The molecule has 2 nitrogen and oxygen atoms in total. The molecule has 0 bridgehead atoms. The Kier molecular flexibility index (Phi) is 4.41. The van der Waals surface area contributed by atoms with E-state index in [1.54, 1.807) is 0 Å². The highest BCUT2D eigenvalue weighted by atomic mass is 16.1. The van der Waals surface area contributed by atoms with E-state index in [1.165, 1.54) is 24.8 Å². The Bertz CT molecular complexity index is 441. The average molecular weight is 259 g/mol. The molecule has 0 aromatic heterocycles. The fourth-order valence-electron chi connectivity index (χ4n) is 2.51. The fourth-order valence-corrected chi connectivity index (χ4v) is 2.51. The molecule has 0 heterocycles. The second kappa shape index (κ2) is 5.87. The predicted octanol–water partition coefficient (Wildman–Crippen LogP) is 3.92. The monoisotopic (exact) mass is 259 g/mol. The van der Waals surface area contributed by atoms with Crippen molar-refractivity contribution in [3.05, 3.63) is 35.4 Å². The third kappa shape index (κ3) is 3.90. The highest BCUT2D eigenvalue weighted by Crippen LogP contribution is 2.38. The van der Waals surface area contributed by atoms with Crippen LogP contribution in [0.15, 0.2) is 24.3 Å². The summed E-state index contributed by atoms with van der Waals surface area (Å²) in [5.41, 5.74) is 2.30. The molecular weight excluding hydrogens is 234 g/mol. The second-order valence-corrected chi connectivity index (χ2v) is 6.57. The van der Waals surface area contributed by atoms with E-state index in [0.29, 0.717) is 12.3 Å². The van der Waals surface area contributed by atoms with Gasteiger partial charge in [-0.3, -0.25) is 4.79 Å². The number of nitrogens with one attached hydrogen (secondary N) is 1. The normalized spacial score (nSPS) is 16.2. The van der Waals surface area contributed by atoms with Crippen LogP contribution in [0.1, 0.15) is 68.3 Å². The zero-order valence-electron chi connectivity index (χ0n) is 12.3. The van der Waals surface area contributed by atoms with Gasteiger partial charge in [-0.2, -0.15) is 0 Å². The molecule has 0 aliphatic heterocycles. The molecule has 104 valence electrons. The number of ketones is 1. The maximum Gasteiger partial charge on any atom is 0.164 e. The van der Waals surface area contributed by atoms with E-state index in [0.717, 1.165) is 12.1 Å². The van der Waals surface area contributed by atoms with Crippen molar-refractivity contribution in [1.82, 2.24) is 5.32 Å². The Hall–Kier alpha value is -1.15. The van der Waals surface area contributed by atoms with Crippen molar-refractivity contribution in [3.63, 3.8) is 0 Å². The first kappa shape index (κ1) is 14.3. The summed E-state index contributed by atoms with van der Waals surface area (Å²) in [6.45, 7) is 7.13. The molecule has 19 heavy (non-hydrogen) atoms. The Balaban J connectivity index is 1.98. The van der Waals surface area contributed by atoms with Gasteiger partial charge in [0.2, 0.25) is 0 Å². The van der Waals surface area contributed by atoms with Crippen LogP contribution in [0.3, 0.4) is 0 Å².